The third-order valence-corrected chi connectivity index (χ3v) is 3.59. The Labute approximate surface area is 64.8 Å². The Kier molecular flexibility index (Phi) is 1.28. The molecule has 0 aromatic heterocycles. The van der Waals surface area contributed by atoms with Crippen LogP contribution in [0.3, 0.4) is 0 Å². The summed E-state index contributed by atoms with van der Waals surface area (Å²) in [6, 6.07) is 0. The second-order valence-corrected chi connectivity index (χ2v) is 3.85. The molecule has 0 nitrogen and oxygen atoms in total. The highest BCUT2D eigenvalue weighted by atomic mass is 35.5. The van der Waals surface area contributed by atoms with E-state index in [-0.39, 0.29) is 10.8 Å². The molecule has 0 aliphatic heterocycles. The normalized spacial score (nSPS) is 54.9. The molecule has 0 spiro atoms. The summed E-state index contributed by atoms with van der Waals surface area (Å²) < 4.78 is 0. The van der Waals surface area contributed by atoms with E-state index in [1.54, 1.807) is 0 Å². The van der Waals surface area contributed by atoms with Crippen LogP contribution in [-0.2, 0) is 0 Å². The zero-order chi connectivity index (χ0) is 6.43. The molecule has 0 amide bonds. The van der Waals surface area contributed by atoms with Crippen molar-refractivity contribution in [1.82, 2.24) is 0 Å². The summed E-state index contributed by atoms with van der Waals surface area (Å²) >= 11 is 12.0. The summed E-state index contributed by atoms with van der Waals surface area (Å²) in [5.41, 5.74) is 0. The second-order valence-electron chi connectivity index (χ2n) is 2.84. The van der Waals surface area contributed by atoms with Gasteiger partial charge in [-0.2, -0.15) is 0 Å². The molecule has 0 saturated heterocycles. The van der Waals surface area contributed by atoms with Gasteiger partial charge in [0.05, 0.1) is 10.8 Å². The topological polar surface area (TPSA) is 0 Å². The fraction of sp³-hybridized carbons (Fsp3) is 0.714. The lowest BCUT2D eigenvalue weighted by Crippen LogP contribution is -2.19. The molecule has 0 N–H and O–H groups in total. The summed E-state index contributed by atoms with van der Waals surface area (Å²) in [5.74, 6) is 1.14. The predicted molar refractivity (Wildman–Crippen MR) is 40.0 cm³/mol. The molecular weight excluding hydrogens is 155 g/mol. The van der Waals surface area contributed by atoms with Gasteiger partial charge in [-0.05, 0) is 18.3 Å². The molecule has 0 heterocycles. The fourth-order valence-electron chi connectivity index (χ4n) is 1.70. The first-order valence-electron chi connectivity index (χ1n) is 3.25. The summed E-state index contributed by atoms with van der Waals surface area (Å²) in [7, 11) is 0. The van der Waals surface area contributed by atoms with Gasteiger partial charge in [0.25, 0.3) is 0 Å². The minimum Gasteiger partial charge on any atom is -0.121 e. The van der Waals surface area contributed by atoms with Crippen LogP contribution in [-0.4, -0.2) is 10.8 Å². The third-order valence-electron chi connectivity index (χ3n) is 2.27. The van der Waals surface area contributed by atoms with E-state index in [2.05, 4.69) is 12.2 Å². The van der Waals surface area contributed by atoms with Crippen LogP contribution >= 0.6 is 23.2 Å². The van der Waals surface area contributed by atoms with Crippen LogP contribution in [0.1, 0.15) is 6.42 Å². The van der Waals surface area contributed by atoms with Gasteiger partial charge in [0.1, 0.15) is 0 Å². The summed E-state index contributed by atoms with van der Waals surface area (Å²) in [4.78, 5) is 0. The van der Waals surface area contributed by atoms with Gasteiger partial charge in [-0.1, -0.05) is 12.2 Å². The molecule has 2 aliphatic carbocycles. The molecule has 0 unspecified atom stereocenters. The average Bonchev–Trinajstić information content (AvgIpc) is 2.37. The molecule has 9 heavy (non-hydrogen) atoms. The van der Waals surface area contributed by atoms with Gasteiger partial charge in [-0.15, -0.1) is 23.2 Å². The third kappa shape index (κ3) is 0.731. The van der Waals surface area contributed by atoms with Gasteiger partial charge in [-0.25, -0.2) is 0 Å². The maximum absolute atomic E-state index is 5.98. The number of halogens is 2. The van der Waals surface area contributed by atoms with Crippen LogP contribution in [0, 0.1) is 11.8 Å². The zero-order valence-electron chi connectivity index (χ0n) is 4.93. The van der Waals surface area contributed by atoms with Crippen molar-refractivity contribution in [1.29, 1.82) is 0 Å². The molecule has 1 saturated carbocycles. The molecular formula is C7H8Cl2. The summed E-state index contributed by atoms with van der Waals surface area (Å²) in [5, 5.41) is 0.392. The van der Waals surface area contributed by atoms with E-state index in [1.807, 2.05) is 0 Å². The quantitative estimate of drug-likeness (QED) is 0.380. The van der Waals surface area contributed by atoms with Crippen LogP contribution in [0.4, 0.5) is 0 Å². The smallest absolute Gasteiger partial charge is 0.0568 e. The molecule has 0 aromatic rings. The van der Waals surface area contributed by atoms with Gasteiger partial charge >= 0.3 is 0 Å². The second kappa shape index (κ2) is 1.90. The Morgan fingerprint density at radius 2 is 1.44 bits per heavy atom. The van der Waals surface area contributed by atoms with Gasteiger partial charge < -0.3 is 0 Å². The molecule has 0 radical (unpaired) electrons. The SMILES string of the molecule is Cl[C@@H]1[C@@H](Cl)[C@@H]2C=C[C@@H]1C2. The molecule has 4 atom stereocenters. The number of hydrogen-bond acceptors (Lipinski definition) is 0. The molecule has 2 rings (SSSR count). The first-order valence-corrected chi connectivity index (χ1v) is 4.13. The molecule has 2 bridgehead atoms. The number of hydrogen-bond donors (Lipinski definition) is 0. The highest BCUT2D eigenvalue weighted by Gasteiger charge is 2.42. The van der Waals surface area contributed by atoms with Crippen LogP contribution in [0.2, 0.25) is 0 Å². The Morgan fingerprint density at radius 1 is 1.00 bits per heavy atom. The maximum atomic E-state index is 5.98. The van der Waals surface area contributed by atoms with E-state index in [0.717, 1.165) is 0 Å². The van der Waals surface area contributed by atoms with Crippen molar-refractivity contribution in [3.8, 4) is 0 Å². The molecule has 2 aliphatic rings. The lowest BCUT2D eigenvalue weighted by Gasteiger charge is -2.15. The Hall–Kier alpha value is 0.320. The lowest BCUT2D eigenvalue weighted by atomic mass is 10.1. The Morgan fingerprint density at radius 3 is 1.67 bits per heavy atom. The zero-order valence-corrected chi connectivity index (χ0v) is 6.44. The number of fused-ring (bicyclic) bond motifs is 2. The van der Waals surface area contributed by atoms with E-state index in [0.29, 0.717) is 11.8 Å². The van der Waals surface area contributed by atoms with Gasteiger partial charge in [0.15, 0.2) is 0 Å². The van der Waals surface area contributed by atoms with E-state index in [4.69, 9.17) is 23.2 Å². The van der Waals surface area contributed by atoms with E-state index >= 15 is 0 Å². The highest BCUT2D eigenvalue weighted by Crippen LogP contribution is 2.44. The van der Waals surface area contributed by atoms with Gasteiger partial charge in [0, 0.05) is 0 Å². The molecule has 2 heteroatoms. The molecule has 50 valence electrons. The standard InChI is InChI=1S/C7H8Cl2/c8-6-4-1-2-5(3-4)7(6)9/h1-2,4-7H,3H2/t4-,5-,6+,7+/m1/s1. The Balaban J connectivity index is 2.26. The monoisotopic (exact) mass is 162 g/mol. The van der Waals surface area contributed by atoms with Crippen molar-refractivity contribution >= 4 is 23.2 Å². The van der Waals surface area contributed by atoms with Crippen molar-refractivity contribution in [2.75, 3.05) is 0 Å². The van der Waals surface area contributed by atoms with Gasteiger partial charge in [0.2, 0.25) is 0 Å². The van der Waals surface area contributed by atoms with E-state index in [1.165, 1.54) is 6.42 Å². The summed E-state index contributed by atoms with van der Waals surface area (Å²) in [6.07, 6.45) is 5.57. The largest absolute Gasteiger partial charge is 0.121 e. The first kappa shape index (κ1) is 6.06. The Bertz CT molecular complexity index is 137. The van der Waals surface area contributed by atoms with Crippen LogP contribution in [0.5, 0.6) is 0 Å². The predicted octanol–water partition coefficient (Wildman–Crippen LogP) is 2.41. The first-order chi connectivity index (χ1) is 4.29. The highest BCUT2D eigenvalue weighted by molar-refractivity contribution is 6.31. The van der Waals surface area contributed by atoms with E-state index < -0.39 is 0 Å². The summed E-state index contributed by atoms with van der Waals surface area (Å²) in [6.45, 7) is 0. The number of rotatable bonds is 0. The van der Waals surface area contributed by atoms with Crippen molar-refractivity contribution < 1.29 is 0 Å². The number of allylic oxidation sites excluding steroid dienone is 2. The fourth-order valence-corrected chi connectivity index (χ4v) is 2.45. The lowest BCUT2D eigenvalue weighted by molar-refractivity contribution is 0.694. The minimum absolute atomic E-state index is 0.196. The number of alkyl halides is 2. The van der Waals surface area contributed by atoms with Crippen molar-refractivity contribution in [2.24, 2.45) is 11.8 Å². The minimum atomic E-state index is 0.196. The molecule has 0 aromatic carbocycles. The van der Waals surface area contributed by atoms with Crippen LogP contribution in [0.25, 0.3) is 0 Å². The van der Waals surface area contributed by atoms with Crippen LogP contribution < -0.4 is 0 Å². The van der Waals surface area contributed by atoms with Crippen molar-refractivity contribution in [3.05, 3.63) is 12.2 Å². The van der Waals surface area contributed by atoms with Crippen molar-refractivity contribution in [2.45, 2.75) is 17.2 Å². The average molecular weight is 163 g/mol. The van der Waals surface area contributed by atoms with Gasteiger partial charge in [-0.3, -0.25) is 0 Å². The maximum Gasteiger partial charge on any atom is 0.0568 e. The van der Waals surface area contributed by atoms with Crippen molar-refractivity contribution in [3.63, 3.8) is 0 Å². The molecule has 1 fully saturated rings. The van der Waals surface area contributed by atoms with E-state index in [9.17, 15) is 0 Å². The van der Waals surface area contributed by atoms with Crippen LogP contribution in [0.15, 0.2) is 12.2 Å².